The molecule has 1 atom stereocenters. The molecule has 114 valence electrons. The van der Waals surface area contributed by atoms with Gasteiger partial charge >= 0.3 is 0 Å². The summed E-state index contributed by atoms with van der Waals surface area (Å²) in [6.45, 7) is 2.26. The predicted molar refractivity (Wildman–Crippen MR) is 91.6 cm³/mol. The van der Waals surface area contributed by atoms with Gasteiger partial charge in [-0.1, -0.05) is 49.0 Å². The normalized spacial score (nSPS) is 18.3. The van der Waals surface area contributed by atoms with Gasteiger partial charge < -0.3 is 4.90 Å². The molecule has 4 heteroatoms. The maximum absolute atomic E-state index is 6.22. The summed E-state index contributed by atoms with van der Waals surface area (Å²) in [5, 5.41) is 1.33. The van der Waals surface area contributed by atoms with Crippen molar-refractivity contribution in [2.24, 2.45) is 0 Å². The van der Waals surface area contributed by atoms with Crippen molar-refractivity contribution in [3.8, 4) is 0 Å². The summed E-state index contributed by atoms with van der Waals surface area (Å²) < 4.78 is 0. The molecule has 2 rings (SSSR count). The highest BCUT2D eigenvalue weighted by Crippen LogP contribution is 2.49. The van der Waals surface area contributed by atoms with E-state index in [4.69, 9.17) is 23.2 Å². The van der Waals surface area contributed by atoms with Crippen LogP contribution >= 0.6 is 35.6 Å². The molecule has 0 bridgehead atoms. The minimum Gasteiger partial charge on any atom is -0.306 e. The zero-order chi connectivity index (χ0) is 14.0. The zero-order valence-electron chi connectivity index (χ0n) is 12.5. The lowest BCUT2D eigenvalue weighted by Gasteiger charge is -2.51. The van der Waals surface area contributed by atoms with Crippen LogP contribution in [0.15, 0.2) is 18.2 Å². The van der Waals surface area contributed by atoms with E-state index >= 15 is 0 Å². The number of hydrogen-bond acceptors (Lipinski definition) is 1. The third kappa shape index (κ3) is 3.27. The fourth-order valence-electron chi connectivity index (χ4n) is 3.48. The molecule has 1 unspecified atom stereocenters. The molecule has 0 spiro atoms. The van der Waals surface area contributed by atoms with Crippen LogP contribution in [-0.2, 0) is 5.41 Å². The second-order valence-electron chi connectivity index (χ2n) is 5.91. The van der Waals surface area contributed by atoms with E-state index in [-0.39, 0.29) is 17.8 Å². The molecule has 1 aliphatic rings. The molecule has 0 aliphatic heterocycles. The summed E-state index contributed by atoms with van der Waals surface area (Å²) in [5.41, 5.74) is 1.63. The van der Waals surface area contributed by atoms with Crippen molar-refractivity contribution in [1.82, 2.24) is 4.90 Å². The highest BCUT2D eigenvalue weighted by molar-refractivity contribution is 6.42. The lowest BCUT2D eigenvalue weighted by atomic mass is 9.59. The van der Waals surface area contributed by atoms with Crippen LogP contribution in [0.4, 0.5) is 0 Å². The molecule has 1 saturated carbocycles. The van der Waals surface area contributed by atoms with E-state index < -0.39 is 0 Å². The van der Waals surface area contributed by atoms with Gasteiger partial charge in [-0.2, -0.15) is 0 Å². The number of halogens is 3. The summed E-state index contributed by atoms with van der Waals surface area (Å²) in [4.78, 5) is 2.38. The molecule has 0 amide bonds. The number of rotatable bonds is 5. The number of benzene rings is 1. The van der Waals surface area contributed by atoms with E-state index in [1.165, 1.54) is 37.7 Å². The Balaban J connectivity index is 0.00000200. The van der Waals surface area contributed by atoms with Gasteiger partial charge in [-0.05, 0) is 51.1 Å². The molecule has 1 nitrogen and oxygen atoms in total. The van der Waals surface area contributed by atoms with Gasteiger partial charge in [0.15, 0.2) is 0 Å². The first-order valence-corrected chi connectivity index (χ1v) is 7.89. The Morgan fingerprint density at radius 1 is 1.20 bits per heavy atom. The predicted octanol–water partition coefficient (Wildman–Crippen LogP) is 5.57. The Morgan fingerprint density at radius 2 is 1.85 bits per heavy atom. The molecule has 1 aliphatic carbocycles. The molecule has 20 heavy (non-hydrogen) atoms. The van der Waals surface area contributed by atoms with Crippen LogP contribution in [0.25, 0.3) is 0 Å². The van der Waals surface area contributed by atoms with Crippen molar-refractivity contribution in [2.45, 2.75) is 50.5 Å². The van der Waals surface area contributed by atoms with Gasteiger partial charge in [-0.3, -0.25) is 0 Å². The van der Waals surface area contributed by atoms with Crippen molar-refractivity contribution >= 4 is 35.6 Å². The highest BCUT2D eigenvalue weighted by Gasteiger charge is 2.45. The molecular formula is C16H24Cl3N. The maximum atomic E-state index is 6.22. The average Bonchev–Trinajstić information content (AvgIpc) is 2.31. The van der Waals surface area contributed by atoms with Gasteiger partial charge in [-0.25, -0.2) is 0 Å². The molecule has 0 aromatic heterocycles. The van der Waals surface area contributed by atoms with Gasteiger partial charge in [-0.15, -0.1) is 12.4 Å². The van der Waals surface area contributed by atoms with E-state index in [0.29, 0.717) is 16.1 Å². The van der Waals surface area contributed by atoms with Crippen molar-refractivity contribution in [1.29, 1.82) is 0 Å². The van der Waals surface area contributed by atoms with Crippen LogP contribution in [-0.4, -0.2) is 25.0 Å². The summed E-state index contributed by atoms with van der Waals surface area (Å²) >= 11 is 12.3. The summed E-state index contributed by atoms with van der Waals surface area (Å²) in [6.07, 6.45) is 6.27. The summed E-state index contributed by atoms with van der Waals surface area (Å²) in [6, 6.07) is 6.77. The second-order valence-corrected chi connectivity index (χ2v) is 6.72. The van der Waals surface area contributed by atoms with E-state index in [9.17, 15) is 0 Å². The quantitative estimate of drug-likeness (QED) is 0.679. The van der Waals surface area contributed by atoms with Crippen molar-refractivity contribution < 1.29 is 0 Å². The van der Waals surface area contributed by atoms with Crippen LogP contribution in [0.2, 0.25) is 10.0 Å². The topological polar surface area (TPSA) is 3.24 Å². The molecule has 0 radical (unpaired) electrons. The third-order valence-corrected chi connectivity index (χ3v) is 5.30. The highest BCUT2D eigenvalue weighted by atomic mass is 35.5. The maximum Gasteiger partial charge on any atom is 0.0595 e. The Kier molecular flexibility index (Phi) is 6.66. The summed E-state index contributed by atoms with van der Waals surface area (Å²) in [7, 11) is 4.38. The van der Waals surface area contributed by atoms with Gasteiger partial charge in [0.25, 0.3) is 0 Å². The summed E-state index contributed by atoms with van der Waals surface area (Å²) in [5.74, 6) is 0. The van der Waals surface area contributed by atoms with Crippen LogP contribution < -0.4 is 0 Å². The zero-order valence-corrected chi connectivity index (χ0v) is 14.8. The first kappa shape index (κ1) is 18.1. The third-order valence-electron chi connectivity index (χ3n) is 4.56. The number of likely N-dealkylation sites (N-methyl/N-ethyl adjacent to an activating group) is 1. The monoisotopic (exact) mass is 335 g/mol. The molecule has 1 fully saturated rings. The largest absolute Gasteiger partial charge is 0.306 e. The molecular weight excluding hydrogens is 313 g/mol. The Hall–Kier alpha value is 0.0500. The average molecular weight is 337 g/mol. The lowest BCUT2D eigenvalue weighted by Crippen LogP contribution is -2.52. The van der Waals surface area contributed by atoms with Crippen molar-refractivity contribution in [2.75, 3.05) is 14.1 Å². The molecule has 1 aromatic rings. The lowest BCUT2D eigenvalue weighted by molar-refractivity contribution is 0.0895. The van der Waals surface area contributed by atoms with Crippen LogP contribution in [0, 0.1) is 0 Å². The molecule has 0 N–H and O–H groups in total. The second kappa shape index (κ2) is 7.35. The van der Waals surface area contributed by atoms with E-state index in [1.54, 1.807) is 0 Å². The molecule has 0 saturated heterocycles. The first-order valence-electron chi connectivity index (χ1n) is 7.13. The fourth-order valence-corrected chi connectivity index (χ4v) is 3.78. The standard InChI is InChI=1S/C16H23Cl2N.ClH/c1-4-6-15(19(2)3)16(9-5-10-16)12-7-8-13(17)14(18)11-12;/h7-8,11,15H,4-6,9-10H2,1-3H3;1H. The van der Waals surface area contributed by atoms with Gasteiger partial charge in [0.1, 0.15) is 0 Å². The minimum atomic E-state index is 0. The Labute approximate surface area is 139 Å². The smallest absolute Gasteiger partial charge is 0.0595 e. The van der Waals surface area contributed by atoms with Crippen molar-refractivity contribution in [3.63, 3.8) is 0 Å². The van der Waals surface area contributed by atoms with E-state index in [0.717, 1.165) is 0 Å². The van der Waals surface area contributed by atoms with E-state index in [1.807, 2.05) is 6.07 Å². The van der Waals surface area contributed by atoms with Crippen LogP contribution in [0.3, 0.4) is 0 Å². The number of nitrogens with zero attached hydrogens (tertiary/aromatic N) is 1. The molecule has 0 heterocycles. The fraction of sp³-hybridized carbons (Fsp3) is 0.625. The van der Waals surface area contributed by atoms with E-state index in [2.05, 4.69) is 38.1 Å². The Morgan fingerprint density at radius 3 is 2.25 bits per heavy atom. The first-order chi connectivity index (χ1) is 9.01. The van der Waals surface area contributed by atoms with Crippen molar-refractivity contribution in [3.05, 3.63) is 33.8 Å². The van der Waals surface area contributed by atoms with Gasteiger partial charge in [0.05, 0.1) is 10.0 Å². The van der Waals surface area contributed by atoms with Crippen LogP contribution in [0.1, 0.15) is 44.6 Å². The Bertz CT molecular complexity index is 441. The van der Waals surface area contributed by atoms with Gasteiger partial charge in [0, 0.05) is 11.5 Å². The minimum absolute atomic E-state index is 0. The number of hydrogen-bond donors (Lipinski definition) is 0. The molecule has 1 aromatic carbocycles. The van der Waals surface area contributed by atoms with Crippen LogP contribution in [0.5, 0.6) is 0 Å². The SMILES string of the molecule is CCCC(N(C)C)C1(c2ccc(Cl)c(Cl)c2)CCC1.Cl. The van der Waals surface area contributed by atoms with Gasteiger partial charge in [0.2, 0.25) is 0 Å².